The first-order valence-corrected chi connectivity index (χ1v) is 9.15. The third-order valence-electron chi connectivity index (χ3n) is 4.70. The lowest BCUT2D eigenvalue weighted by Gasteiger charge is -2.35. The fraction of sp³-hybridized carbons (Fsp3) is 0.381. The van der Waals surface area contributed by atoms with Crippen LogP contribution in [0.2, 0.25) is 0 Å². The molecule has 5 heteroatoms. The third kappa shape index (κ3) is 4.99. The Hall–Kier alpha value is -2.53. The van der Waals surface area contributed by atoms with Gasteiger partial charge < -0.3 is 14.8 Å². The highest BCUT2D eigenvalue weighted by Gasteiger charge is 2.23. The van der Waals surface area contributed by atoms with Crippen LogP contribution in [0.15, 0.2) is 54.6 Å². The quantitative estimate of drug-likeness (QED) is 0.851. The van der Waals surface area contributed by atoms with Gasteiger partial charge in [-0.1, -0.05) is 36.8 Å². The highest BCUT2D eigenvalue weighted by molar-refractivity contribution is 5.70. The Morgan fingerprint density at radius 1 is 1.04 bits per heavy atom. The molecule has 0 bridgehead atoms. The Labute approximate surface area is 154 Å². The average molecular weight is 354 g/mol. The van der Waals surface area contributed by atoms with E-state index in [1.54, 1.807) is 19.2 Å². The van der Waals surface area contributed by atoms with Crippen LogP contribution in [-0.4, -0.2) is 37.7 Å². The van der Waals surface area contributed by atoms with Crippen molar-refractivity contribution in [3.8, 4) is 11.5 Å². The maximum atomic E-state index is 12.2. The van der Waals surface area contributed by atoms with Crippen LogP contribution in [0.3, 0.4) is 0 Å². The number of amides is 1. The second kappa shape index (κ2) is 9.25. The monoisotopic (exact) mass is 354 g/mol. The maximum Gasteiger partial charge on any atom is 0.412 e. The molecule has 1 saturated heterocycles. The van der Waals surface area contributed by atoms with Crippen molar-refractivity contribution in [2.45, 2.75) is 25.3 Å². The van der Waals surface area contributed by atoms with Gasteiger partial charge in [0, 0.05) is 6.54 Å². The first-order chi connectivity index (χ1) is 12.8. The van der Waals surface area contributed by atoms with Gasteiger partial charge in [0.15, 0.2) is 0 Å². The van der Waals surface area contributed by atoms with Crippen LogP contribution in [0.25, 0.3) is 0 Å². The van der Waals surface area contributed by atoms with Gasteiger partial charge in [-0.05, 0) is 55.8 Å². The fourth-order valence-corrected chi connectivity index (χ4v) is 3.35. The number of likely N-dealkylation sites (tertiary alicyclic amines) is 1. The maximum absolute atomic E-state index is 12.2. The van der Waals surface area contributed by atoms with Gasteiger partial charge in [-0.15, -0.1) is 0 Å². The number of hydrogen-bond donors (Lipinski definition) is 1. The number of ether oxygens (including phenoxy) is 2. The van der Waals surface area contributed by atoms with E-state index >= 15 is 0 Å². The summed E-state index contributed by atoms with van der Waals surface area (Å²) in [6, 6.07) is 17.3. The van der Waals surface area contributed by atoms with Crippen LogP contribution in [-0.2, 0) is 0 Å². The number of nitrogens with one attached hydrogen (secondary N) is 1. The Morgan fingerprint density at radius 3 is 2.50 bits per heavy atom. The largest absolute Gasteiger partial charge is 0.497 e. The van der Waals surface area contributed by atoms with Gasteiger partial charge in [0.05, 0.1) is 13.2 Å². The highest BCUT2D eigenvalue weighted by Crippen LogP contribution is 2.26. The molecule has 0 aromatic heterocycles. The number of para-hydroxylation sites is 1. The molecule has 3 rings (SSSR count). The van der Waals surface area contributed by atoms with Gasteiger partial charge >= 0.3 is 6.09 Å². The molecule has 1 N–H and O–H groups in total. The van der Waals surface area contributed by atoms with Crippen molar-refractivity contribution < 1.29 is 14.3 Å². The zero-order valence-electron chi connectivity index (χ0n) is 15.2. The van der Waals surface area contributed by atoms with Crippen LogP contribution in [0, 0.1) is 0 Å². The zero-order valence-corrected chi connectivity index (χ0v) is 15.2. The second-order valence-corrected chi connectivity index (χ2v) is 6.47. The average Bonchev–Trinajstić information content (AvgIpc) is 2.70. The van der Waals surface area contributed by atoms with Crippen molar-refractivity contribution in [3.63, 3.8) is 0 Å². The van der Waals surface area contributed by atoms with Crippen molar-refractivity contribution in [1.82, 2.24) is 10.2 Å². The molecule has 138 valence electrons. The van der Waals surface area contributed by atoms with E-state index in [1.807, 2.05) is 36.4 Å². The van der Waals surface area contributed by atoms with Crippen molar-refractivity contribution >= 4 is 6.09 Å². The Bertz CT molecular complexity index is 699. The summed E-state index contributed by atoms with van der Waals surface area (Å²) in [5.74, 6) is 1.37. The molecule has 0 spiro atoms. The molecule has 1 unspecified atom stereocenters. The topological polar surface area (TPSA) is 50.8 Å². The normalized spacial score (nSPS) is 15.9. The van der Waals surface area contributed by atoms with Gasteiger partial charge in [-0.25, -0.2) is 4.79 Å². The van der Waals surface area contributed by atoms with Crippen molar-refractivity contribution in [1.29, 1.82) is 0 Å². The lowest BCUT2D eigenvalue weighted by atomic mass is 10.0. The summed E-state index contributed by atoms with van der Waals surface area (Å²) < 4.78 is 10.7. The molecule has 1 aliphatic heterocycles. The van der Waals surface area contributed by atoms with Crippen LogP contribution < -0.4 is 14.8 Å². The molecule has 0 radical (unpaired) electrons. The van der Waals surface area contributed by atoms with Crippen LogP contribution in [0.5, 0.6) is 11.5 Å². The summed E-state index contributed by atoms with van der Waals surface area (Å²) in [7, 11) is 1.67. The molecular formula is C21H26N2O3. The molecule has 0 saturated carbocycles. The number of nitrogens with zero attached hydrogens (tertiary/aromatic N) is 1. The molecular weight excluding hydrogens is 328 g/mol. The fourth-order valence-electron chi connectivity index (χ4n) is 3.35. The van der Waals surface area contributed by atoms with Crippen molar-refractivity contribution in [3.05, 3.63) is 60.2 Å². The lowest BCUT2D eigenvalue weighted by Crippen LogP contribution is -2.41. The molecule has 2 aromatic rings. The number of benzene rings is 2. The van der Waals surface area contributed by atoms with Gasteiger partial charge in [0.1, 0.15) is 11.5 Å². The Morgan fingerprint density at radius 2 is 1.77 bits per heavy atom. The first kappa shape index (κ1) is 18.3. The molecule has 1 heterocycles. The third-order valence-corrected chi connectivity index (χ3v) is 4.70. The van der Waals surface area contributed by atoms with E-state index in [0.717, 1.165) is 24.4 Å². The number of rotatable bonds is 6. The number of carbonyl (C=O) groups excluding carboxylic acids is 1. The molecule has 5 nitrogen and oxygen atoms in total. The molecule has 26 heavy (non-hydrogen) atoms. The lowest BCUT2D eigenvalue weighted by molar-refractivity contribution is 0.154. The minimum atomic E-state index is -0.430. The summed E-state index contributed by atoms with van der Waals surface area (Å²) in [6.45, 7) is 2.58. The number of carbonyl (C=O) groups is 1. The Kier molecular flexibility index (Phi) is 6.50. The summed E-state index contributed by atoms with van der Waals surface area (Å²) in [4.78, 5) is 14.6. The predicted octanol–water partition coefficient (Wildman–Crippen LogP) is 4.01. The molecule has 1 fully saturated rings. The summed E-state index contributed by atoms with van der Waals surface area (Å²) in [5, 5.41) is 2.92. The van der Waals surface area contributed by atoms with Crippen LogP contribution in [0.1, 0.15) is 30.9 Å². The van der Waals surface area contributed by atoms with Crippen molar-refractivity contribution in [2.75, 3.05) is 26.7 Å². The number of piperidine rings is 1. The summed E-state index contributed by atoms with van der Waals surface area (Å²) in [5.41, 5.74) is 1.14. The van der Waals surface area contributed by atoms with E-state index in [9.17, 15) is 4.79 Å². The minimum Gasteiger partial charge on any atom is -0.497 e. The van der Waals surface area contributed by atoms with Gasteiger partial charge in [0.25, 0.3) is 0 Å². The number of methoxy groups -OCH3 is 1. The molecule has 1 atom stereocenters. The van der Waals surface area contributed by atoms with Crippen LogP contribution in [0.4, 0.5) is 4.79 Å². The highest BCUT2D eigenvalue weighted by atomic mass is 16.6. The first-order valence-electron chi connectivity index (χ1n) is 9.15. The van der Waals surface area contributed by atoms with Gasteiger partial charge in [-0.2, -0.15) is 0 Å². The SMILES string of the molecule is COc1cccc(C(CNC(=O)Oc2ccccc2)N2CCCCC2)c1. The van der Waals surface area contributed by atoms with Gasteiger partial charge in [-0.3, -0.25) is 4.90 Å². The summed E-state index contributed by atoms with van der Waals surface area (Å²) >= 11 is 0. The zero-order chi connectivity index (χ0) is 18.2. The van der Waals surface area contributed by atoms with E-state index in [0.29, 0.717) is 12.3 Å². The van der Waals surface area contributed by atoms with E-state index in [2.05, 4.69) is 16.3 Å². The Balaban J connectivity index is 1.67. The number of hydrogen-bond acceptors (Lipinski definition) is 4. The second-order valence-electron chi connectivity index (χ2n) is 6.47. The van der Waals surface area contributed by atoms with E-state index in [1.165, 1.54) is 19.3 Å². The molecule has 0 aliphatic carbocycles. The van der Waals surface area contributed by atoms with Crippen molar-refractivity contribution in [2.24, 2.45) is 0 Å². The van der Waals surface area contributed by atoms with Gasteiger partial charge in [0.2, 0.25) is 0 Å². The van der Waals surface area contributed by atoms with E-state index in [-0.39, 0.29) is 6.04 Å². The predicted molar refractivity (Wildman–Crippen MR) is 102 cm³/mol. The molecule has 1 amide bonds. The van der Waals surface area contributed by atoms with Crippen LogP contribution >= 0.6 is 0 Å². The minimum absolute atomic E-state index is 0.105. The standard InChI is InChI=1S/C21H26N2O3/c1-25-19-12-8-9-17(15-19)20(23-13-6-3-7-14-23)16-22-21(24)26-18-10-4-2-5-11-18/h2,4-5,8-12,15,20H,3,6-7,13-14,16H2,1H3,(H,22,24). The van der Waals surface area contributed by atoms with E-state index < -0.39 is 6.09 Å². The smallest absolute Gasteiger partial charge is 0.412 e. The molecule has 2 aromatic carbocycles. The molecule has 1 aliphatic rings. The summed E-state index contributed by atoms with van der Waals surface area (Å²) in [6.07, 6.45) is 3.22. The van der Waals surface area contributed by atoms with E-state index in [4.69, 9.17) is 9.47 Å².